The fourth-order valence-corrected chi connectivity index (χ4v) is 1.59. The van der Waals surface area contributed by atoms with E-state index in [-0.39, 0.29) is 5.56 Å². The maximum absolute atomic E-state index is 10.7. The van der Waals surface area contributed by atoms with E-state index < -0.39 is 5.97 Å². The monoisotopic (exact) mass is 254 g/mol. The van der Waals surface area contributed by atoms with Gasteiger partial charge in [-0.05, 0) is 36.2 Å². The number of aromatic carboxylic acids is 1. The van der Waals surface area contributed by atoms with Gasteiger partial charge in [0, 0.05) is 0 Å². The second-order valence-corrected chi connectivity index (χ2v) is 4.11. The Morgan fingerprint density at radius 3 is 2.47 bits per heavy atom. The van der Waals surface area contributed by atoms with Crippen LogP contribution in [0.2, 0.25) is 0 Å². The number of hydrogen-bond acceptors (Lipinski definition) is 3. The van der Waals surface area contributed by atoms with Gasteiger partial charge >= 0.3 is 5.97 Å². The third-order valence-electron chi connectivity index (χ3n) is 2.70. The van der Waals surface area contributed by atoms with Gasteiger partial charge in [-0.1, -0.05) is 30.3 Å². The molecule has 0 amide bonds. The Bertz CT molecular complexity index is 604. The number of para-hydroxylation sites is 1. The van der Waals surface area contributed by atoms with Crippen molar-refractivity contribution < 1.29 is 9.90 Å². The number of hydrogen-bond donors (Lipinski definition) is 2. The molecule has 0 spiro atoms. The summed E-state index contributed by atoms with van der Waals surface area (Å²) in [6.07, 6.45) is 1.65. The van der Waals surface area contributed by atoms with Crippen LogP contribution in [0.5, 0.6) is 0 Å². The molecule has 0 aromatic heterocycles. The van der Waals surface area contributed by atoms with Gasteiger partial charge in [0.15, 0.2) is 0 Å². The maximum Gasteiger partial charge on any atom is 0.335 e. The normalized spacial score (nSPS) is 10.6. The number of carboxylic acid groups (broad SMARTS) is 1. The van der Waals surface area contributed by atoms with Crippen LogP contribution in [0.4, 0.5) is 5.69 Å². The van der Waals surface area contributed by atoms with E-state index in [1.165, 1.54) is 0 Å². The van der Waals surface area contributed by atoms with Crippen LogP contribution in [-0.4, -0.2) is 17.3 Å². The van der Waals surface area contributed by atoms with E-state index in [2.05, 4.69) is 10.5 Å². The number of hydrazone groups is 1. The second kappa shape index (κ2) is 5.82. The smallest absolute Gasteiger partial charge is 0.335 e. The van der Waals surface area contributed by atoms with Crippen molar-refractivity contribution in [1.29, 1.82) is 0 Å². The lowest BCUT2D eigenvalue weighted by molar-refractivity contribution is 0.0697. The van der Waals surface area contributed by atoms with Crippen LogP contribution in [-0.2, 0) is 0 Å². The third kappa shape index (κ3) is 3.42. The van der Waals surface area contributed by atoms with Crippen molar-refractivity contribution in [2.24, 2.45) is 5.10 Å². The average molecular weight is 254 g/mol. The van der Waals surface area contributed by atoms with E-state index in [0.717, 1.165) is 16.8 Å². The van der Waals surface area contributed by atoms with Crippen molar-refractivity contribution >= 4 is 17.9 Å². The molecule has 0 aliphatic carbocycles. The molecule has 2 aromatic rings. The van der Waals surface area contributed by atoms with Gasteiger partial charge in [-0.25, -0.2) is 4.79 Å². The zero-order valence-electron chi connectivity index (χ0n) is 10.5. The van der Waals surface area contributed by atoms with Crippen molar-refractivity contribution in [2.45, 2.75) is 6.92 Å². The summed E-state index contributed by atoms with van der Waals surface area (Å²) in [5.74, 6) is -0.929. The highest BCUT2D eigenvalue weighted by Crippen LogP contribution is 2.12. The van der Waals surface area contributed by atoms with Gasteiger partial charge in [0.1, 0.15) is 0 Å². The number of anilines is 1. The van der Waals surface area contributed by atoms with Crippen molar-refractivity contribution in [3.05, 3.63) is 65.2 Å². The summed E-state index contributed by atoms with van der Waals surface area (Å²) in [7, 11) is 0. The van der Waals surface area contributed by atoms with Crippen LogP contribution >= 0.6 is 0 Å². The molecular formula is C15H14N2O2. The first-order valence-corrected chi connectivity index (χ1v) is 5.85. The number of carboxylic acids is 1. The lowest BCUT2D eigenvalue weighted by Gasteiger charge is -2.03. The van der Waals surface area contributed by atoms with Crippen LogP contribution in [0.15, 0.2) is 53.6 Å². The lowest BCUT2D eigenvalue weighted by Crippen LogP contribution is -1.96. The van der Waals surface area contributed by atoms with Gasteiger partial charge in [0.25, 0.3) is 0 Å². The Morgan fingerprint density at radius 2 is 1.84 bits per heavy atom. The molecule has 96 valence electrons. The molecule has 4 nitrogen and oxygen atoms in total. The number of nitrogens with zero attached hydrogens (tertiary/aromatic N) is 1. The van der Waals surface area contributed by atoms with Gasteiger partial charge in [-0.3, -0.25) is 5.43 Å². The molecule has 2 N–H and O–H groups in total. The summed E-state index contributed by atoms with van der Waals surface area (Å²) in [6, 6.07) is 14.4. The first kappa shape index (κ1) is 12.8. The zero-order valence-corrected chi connectivity index (χ0v) is 10.5. The molecular weight excluding hydrogens is 240 g/mol. The van der Waals surface area contributed by atoms with Crippen LogP contribution in [0, 0.1) is 6.92 Å². The van der Waals surface area contributed by atoms with Crippen LogP contribution in [0.1, 0.15) is 21.5 Å². The molecule has 0 aliphatic rings. The summed E-state index contributed by atoms with van der Waals surface area (Å²) in [6.45, 7) is 2.00. The van der Waals surface area contributed by atoms with Gasteiger partial charge in [0.05, 0.1) is 17.5 Å². The number of nitrogens with one attached hydrogen (secondary N) is 1. The van der Waals surface area contributed by atoms with E-state index >= 15 is 0 Å². The molecule has 0 unspecified atom stereocenters. The fraction of sp³-hybridized carbons (Fsp3) is 0.0667. The quantitative estimate of drug-likeness (QED) is 0.651. The summed E-state index contributed by atoms with van der Waals surface area (Å²) in [5.41, 5.74) is 6.12. The molecule has 0 radical (unpaired) electrons. The highest BCUT2D eigenvalue weighted by molar-refractivity contribution is 5.89. The van der Waals surface area contributed by atoms with Gasteiger partial charge < -0.3 is 5.11 Å². The predicted molar refractivity (Wildman–Crippen MR) is 75.8 cm³/mol. The molecule has 0 heterocycles. The van der Waals surface area contributed by atoms with E-state index in [1.54, 1.807) is 30.5 Å². The zero-order chi connectivity index (χ0) is 13.7. The Balaban J connectivity index is 2.03. The third-order valence-corrected chi connectivity index (χ3v) is 2.70. The first-order valence-electron chi connectivity index (χ1n) is 5.85. The lowest BCUT2D eigenvalue weighted by atomic mass is 10.1. The Morgan fingerprint density at radius 1 is 1.16 bits per heavy atom. The Hall–Kier alpha value is -2.62. The topological polar surface area (TPSA) is 61.7 Å². The predicted octanol–water partition coefficient (Wildman–Crippen LogP) is 3.14. The fourth-order valence-electron chi connectivity index (χ4n) is 1.59. The van der Waals surface area contributed by atoms with Crippen molar-refractivity contribution in [1.82, 2.24) is 0 Å². The standard InChI is InChI=1S/C15H14N2O2/c1-11-4-2-3-5-14(11)17-16-10-12-6-8-13(9-7-12)15(18)19/h2-10,17H,1H3,(H,18,19)/b16-10+. The Kier molecular flexibility index (Phi) is 3.93. The van der Waals surface area contributed by atoms with E-state index in [0.29, 0.717) is 0 Å². The van der Waals surface area contributed by atoms with Crippen molar-refractivity contribution in [2.75, 3.05) is 5.43 Å². The molecule has 0 bridgehead atoms. The number of carbonyl (C=O) groups is 1. The molecule has 4 heteroatoms. The molecule has 0 fully saturated rings. The largest absolute Gasteiger partial charge is 0.478 e. The number of aryl methyl sites for hydroxylation is 1. The van der Waals surface area contributed by atoms with Crippen LogP contribution in [0.25, 0.3) is 0 Å². The minimum atomic E-state index is -0.929. The van der Waals surface area contributed by atoms with Crippen molar-refractivity contribution in [3.8, 4) is 0 Å². The van der Waals surface area contributed by atoms with Gasteiger partial charge in [-0.15, -0.1) is 0 Å². The minimum absolute atomic E-state index is 0.268. The number of benzene rings is 2. The molecule has 2 aromatic carbocycles. The highest BCUT2D eigenvalue weighted by Gasteiger charge is 2.00. The van der Waals surface area contributed by atoms with E-state index in [1.807, 2.05) is 31.2 Å². The molecule has 0 aliphatic heterocycles. The first-order chi connectivity index (χ1) is 9.16. The summed E-state index contributed by atoms with van der Waals surface area (Å²) in [4.78, 5) is 10.7. The van der Waals surface area contributed by atoms with Crippen LogP contribution < -0.4 is 5.43 Å². The van der Waals surface area contributed by atoms with Crippen LogP contribution in [0.3, 0.4) is 0 Å². The average Bonchev–Trinajstić information content (AvgIpc) is 2.41. The molecule has 19 heavy (non-hydrogen) atoms. The summed E-state index contributed by atoms with van der Waals surface area (Å²) < 4.78 is 0. The van der Waals surface area contributed by atoms with Gasteiger partial charge in [-0.2, -0.15) is 5.10 Å². The summed E-state index contributed by atoms with van der Waals surface area (Å²) in [5, 5.41) is 12.9. The highest BCUT2D eigenvalue weighted by atomic mass is 16.4. The molecule has 0 atom stereocenters. The van der Waals surface area contributed by atoms with Crippen molar-refractivity contribution in [3.63, 3.8) is 0 Å². The molecule has 2 rings (SSSR count). The minimum Gasteiger partial charge on any atom is -0.478 e. The molecule has 0 saturated carbocycles. The molecule has 0 saturated heterocycles. The maximum atomic E-state index is 10.7. The summed E-state index contributed by atoms with van der Waals surface area (Å²) >= 11 is 0. The Labute approximate surface area is 111 Å². The van der Waals surface area contributed by atoms with E-state index in [9.17, 15) is 4.79 Å². The van der Waals surface area contributed by atoms with Gasteiger partial charge in [0.2, 0.25) is 0 Å². The second-order valence-electron chi connectivity index (χ2n) is 4.11. The van der Waals surface area contributed by atoms with E-state index in [4.69, 9.17) is 5.11 Å². The number of rotatable bonds is 4. The SMILES string of the molecule is Cc1ccccc1N/N=C/c1ccc(C(=O)O)cc1.